The van der Waals surface area contributed by atoms with Crippen LogP contribution >= 0.6 is 92.8 Å². The molecule has 0 saturated carbocycles. The number of carbonyl (C=O) groups is 5. The van der Waals surface area contributed by atoms with Crippen molar-refractivity contribution in [3.05, 3.63) is 209 Å². The number of likely N-dealkylation sites (N-methyl/N-ethyl adjacent to an activating group) is 1. The number of amides is 1. The van der Waals surface area contributed by atoms with E-state index in [1.165, 1.54) is 0 Å². The molecule has 4 aliphatic rings. The molecule has 0 atom stereocenters. The van der Waals surface area contributed by atoms with Crippen LogP contribution in [0.1, 0.15) is 22.3 Å². The van der Waals surface area contributed by atoms with E-state index in [4.69, 9.17) is 120 Å². The van der Waals surface area contributed by atoms with Crippen LogP contribution in [-0.2, 0) is 54.9 Å². The fourth-order valence-electron chi connectivity index (χ4n) is 13.7. The first-order valence-electron chi connectivity index (χ1n) is 37.9. The number of aromatic nitrogens is 8. The number of ether oxygens (including phenoxy) is 1. The predicted octanol–water partition coefficient (Wildman–Crippen LogP) is 15.5. The highest BCUT2D eigenvalue weighted by Gasteiger charge is 2.55. The minimum absolute atomic E-state index is 0.00532. The van der Waals surface area contributed by atoms with Crippen LogP contribution in [0.4, 0.5) is 76.0 Å². The molecule has 0 unspecified atom stereocenters. The van der Waals surface area contributed by atoms with E-state index < -0.39 is 47.8 Å². The second-order valence-electron chi connectivity index (χ2n) is 28.2. The SMILES string of the molecule is CN1CCN(c2cnc3cc(CN)c(-c4ccc(Cl)cc4Cl)cn23)CC1.NCc1cc2ncc(N3CCNC(=O)C3)n2cc1-c1ccc(Cl)cc1Cl.NCc1cc2ncc(N3CCNCC3)n2cc1-c1ccc(Cl)cc1Cl.NCc1cc2ncc(N3CCOCC3)n2cc1-c1ccc(Cl)cc1Cl.O=C(C(=O)C(F)(F)F)C(F)(F)F.O=C(C(=O)C(F)(F)F)C(F)(F)F. The van der Waals surface area contributed by atoms with Gasteiger partial charge < -0.3 is 62.8 Å². The van der Waals surface area contributed by atoms with Gasteiger partial charge in [0.1, 0.15) is 45.9 Å². The number of hydrogen-bond acceptors (Lipinski definition) is 20. The number of nitrogens with zero attached hydrogens (tertiary/aromatic N) is 13. The summed E-state index contributed by atoms with van der Waals surface area (Å²) in [5, 5.41) is 11.0. The first kappa shape index (κ1) is 96.8. The number of ketones is 4. The van der Waals surface area contributed by atoms with Crippen molar-refractivity contribution in [3.8, 4) is 44.5 Å². The molecule has 1 amide bonds. The zero-order valence-electron chi connectivity index (χ0n) is 65.9. The first-order chi connectivity index (χ1) is 59.6. The lowest BCUT2D eigenvalue weighted by Gasteiger charge is -2.33. The van der Waals surface area contributed by atoms with Crippen LogP contribution in [0, 0.1) is 0 Å². The van der Waals surface area contributed by atoms with Gasteiger partial charge >= 0.3 is 47.8 Å². The van der Waals surface area contributed by atoms with Crippen LogP contribution in [0.3, 0.4) is 0 Å². The number of Topliss-reactive ketones (excluding diaryl/α,β-unsaturated/α-hetero) is 4. The molecule has 4 fully saturated rings. The van der Waals surface area contributed by atoms with Gasteiger partial charge in [-0.25, -0.2) is 19.9 Å². The average molecular weight is 1920 g/mol. The average Bonchev–Trinajstić information content (AvgIpc) is 1.66. The van der Waals surface area contributed by atoms with E-state index in [2.05, 4.69) is 89.0 Å². The van der Waals surface area contributed by atoms with E-state index in [0.29, 0.717) is 79.4 Å². The standard InChI is InChI=1S/C19H21Cl2N5.C18H17Cl2N5O.C18H19Cl2N5.C18H18Cl2N4O.2C4F6O2/c1-24-4-6-25(7-5-24)19-11-23-18-8-13(10-22)16(12-26(18)19)15-3-2-14(20)9-17(15)21;19-12-1-2-13(15(20)6-12)14-9-25-16(5-11(14)7-21)23-8-18(25)24-4-3-22-17(26)10-24;19-13-1-2-14(16(20)8-13)15-11-25-17(7-12(15)9-21)23-10-18(25)24-5-3-22-4-6-24;19-13-1-2-14(16(20)8-13)15-11-24-17(7-12(15)9-21)22-10-18(24)23-3-5-25-6-4-23;2*5-3(6,7)1(11)2(12)4(8,9)10/h2-3,8-9,11-12H,4-7,10,22H2,1H3;1-2,5-6,8-9H,3-4,7,10,21H2,(H,22,26);1-2,7-8,10-11,22H,3-6,9,21H2;1-2,7-8,10-11H,3-6,9,21H2;;. The molecular formula is C81H75Cl8F12N19O6. The van der Waals surface area contributed by atoms with Gasteiger partial charge in [-0.05, 0) is 102 Å². The summed E-state index contributed by atoms with van der Waals surface area (Å²) in [4.78, 5) is 79.7. The summed E-state index contributed by atoms with van der Waals surface area (Å²) >= 11 is 49.9. The van der Waals surface area contributed by atoms with Gasteiger partial charge in [-0.1, -0.05) is 117 Å². The molecule has 12 heterocycles. The molecule has 0 bridgehead atoms. The third kappa shape index (κ3) is 23.4. The molecule has 4 aromatic carbocycles. The second kappa shape index (κ2) is 41.5. The third-order valence-corrected chi connectivity index (χ3v) is 22.2. The summed E-state index contributed by atoms with van der Waals surface area (Å²) in [6.07, 6.45) is -7.34. The molecule has 4 aliphatic heterocycles. The van der Waals surface area contributed by atoms with Crippen molar-refractivity contribution in [3.63, 3.8) is 0 Å². The molecule has 4 saturated heterocycles. The number of rotatable bonds is 14. The van der Waals surface area contributed by atoms with E-state index in [-0.39, 0.29) is 5.91 Å². The molecule has 16 rings (SSSR count). The van der Waals surface area contributed by atoms with Crippen molar-refractivity contribution in [1.82, 2.24) is 53.1 Å². The molecule has 45 heteroatoms. The van der Waals surface area contributed by atoms with Crippen LogP contribution in [0.2, 0.25) is 40.2 Å². The lowest BCUT2D eigenvalue weighted by Crippen LogP contribution is -2.48. The predicted molar refractivity (Wildman–Crippen MR) is 461 cm³/mol. The van der Waals surface area contributed by atoms with Crippen LogP contribution in [-0.4, -0.2) is 202 Å². The van der Waals surface area contributed by atoms with E-state index in [9.17, 15) is 76.7 Å². The fraction of sp³-hybridized carbons (Fsp3) is 0.296. The van der Waals surface area contributed by atoms with Crippen molar-refractivity contribution >= 4 is 168 Å². The lowest BCUT2D eigenvalue weighted by molar-refractivity contribution is -0.193. The highest BCUT2D eigenvalue weighted by molar-refractivity contribution is 6.42. The van der Waals surface area contributed by atoms with Crippen molar-refractivity contribution in [2.45, 2.75) is 50.9 Å². The molecule has 25 nitrogen and oxygen atoms in total. The van der Waals surface area contributed by atoms with Gasteiger partial charge in [-0.15, -0.1) is 0 Å². The van der Waals surface area contributed by atoms with E-state index >= 15 is 0 Å². The lowest BCUT2D eigenvalue weighted by atomic mass is 10.0. The number of carbonyl (C=O) groups excluding carboxylic acids is 5. The maximum atomic E-state index is 11.7. The molecule has 0 spiro atoms. The Hall–Kier alpha value is -9.81. The number of anilines is 4. The number of nitrogens with two attached hydrogens (primary N) is 4. The van der Waals surface area contributed by atoms with Gasteiger partial charge in [0.2, 0.25) is 5.91 Å². The summed E-state index contributed by atoms with van der Waals surface area (Å²) in [5.74, 6) is -9.52. The van der Waals surface area contributed by atoms with E-state index in [1.807, 2.05) is 101 Å². The Morgan fingerprint density at radius 1 is 0.365 bits per heavy atom. The summed E-state index contributed by atoms with van der Waals surface area (Å²) in [6.45, 7) is 14.4. The normalized spacial score (nSPS) is 14.7. The molecule has 670 valence electrons. The summed E-state index contributed by atoms with van der Waals surface area (Å²) in [7, 11) is 2.15. The van der Waals surface area contributed by atoms with Gasteiger partial charge in [-0.2, -0.15) is 52.7 Å². The van der Waals surface area contributed by atoms with E-state index in [0.717, 1.165) is 198 Å². The molecule has 12 aromatic rings. The summed E-state index contributed by atoms with van der Waals surface area (Å²) < 4.78 is 148. The Kier molecular flexibility index (Phi) is 31.9. The van der Waals surface area contributed by atoms with Crippen LogP contribution in [0.25, 0.3) is 67.1 Å². The quantitative estimate of drug-likeness (QED) is 0.0435. The zero-order chi connectivity index (χ0) is 91.6. The molecule has 0 radical (unpaired) electrons. The van der Waals surface area contributed by atoms with Gasteiger partial charge in [0.05, 0.1) is 44.5 Å². The Balaban J connectivity index is 0.000000150. The van der Waals surface area contributed by atoms with Crippen LogP contribution < -0.4 is 53.2 Å². The van der Waals surface area contributed by atoms with Crippen LogP contribution in [0.15, 0.2) is 147 Å². The fourth-order valence-corrected chi connectivity index (χ4v) is 15.7. The van der Waals surface area contributed by atoms with Crippen molar-refractivity contribution in [1.29, 1.82) is 0 Å². The van der Waals surface area contributed by atoms with Gasteiger partial charge in [0, 0.05) is 214 Å². The topological polar surface area (TPSA) is 308 Å². The van der Waals surface area contributed by atoms with Gasteiger partial charge in [0.15, 0.2) is 0 Å². The minimum Gasteiger partial charge on any atom is -0.378 e. The number of alkyl halides is 12. The number of pyridine rings is 4. The molecule has 8 aromatic heterocycles. The number of nitrogens with one attached hydrogen (secondary N) is 2. The summed E-state index contributed by atoms with van der Waals surface area (Å²) in [5.41, 5.74) is 38.9. The minimum atomic E-state index is -5.77. The molecular weight excluding hydrogens is 1850 g/mol. The van der Waals surface area contributed by atoms with Crippen molar-refractivity contribution in [2.75, 3.05) is 125 Å². The Morgan fingerprint density at radius 2 is 0.627 bits per heavy atom. The number of morpholine rings is 1. The number of hydrogen-bond donors (Lipinski definition) is 6. The zero-order valence-corrected chi connectivity index (χ0v) is 72.0. The smallest absolute Gasteiger partial charge is 0.378 e. The van der Waals surface area contributed by atoms with Crippen molar-refractivity contribution in [2.24, 2.45) is 22.9 Å². The summed E-state index contributed by atoms with van der Waals surface area (Å²) in [6, 6.07) is 30.1. The number of piperazine rings is 3. The van der Waals surface area contributed by atoms with Gasteiger partial charge in [-0.3, -0.25) is 41.6 Å². The second-order valence-corrected chi connectivity index (χ2v) is 31.6. The number of imidazole rings is 4. The first-order valence-corrected chi connectivity index (χ1v) is 40.9. The largest absolute Gasteiger partial charge is 0.458 e. The maximum absolute atomic E-state index is 11.7. The highest BCUT2D eigenvalue weighted by Crippen LogP contribution is 2.40. The highest BCUT2D eigenvalue weighted by atomic mass is 35.5. The Labute approximate surface area is 749 Å². The van der Waals surface area contributed by atoms with Crippen LogP contribution in [0.5, 0.6) is 0 Å². The Bertz CT molecular complexity index is 5740. The van der Waals surface area contributed by atoms with E-state index in [1.54, 1.807) is 36.5 Å². The third-order valence-electron chi connectivity index (χ3n) is 20.0. The number of fused-ring (bicyclic) bond motifs is 4. The molecule has 126 heavy (non-hydrogen) atoms. The van der Waals surface area contributed by atoms with Crippen molar-refractivity contribution < 1.29 is 81.4 Å². The molecule has 0 aliphatic carbocycles. The monoisotopic (exact) mass is 1920 g/mol. The number of benzene rings is 4. The Morgan fingerprint density at radius 3 is 0.889 bits per heavy atom. The number of halogens is 20. The maximum Gasteiger partial charge on any atom is 0.458 e. The molecule has 10 N–H and O–H groups in total. The van der Waals surface area contributed by atoms with Gasteiger partial charge in [0.25, 0.3) is 0 Å².